The van der Waals surface area contributed by atoms with Gasteiger partial charge < -0.3 is 16.0 Å². The Labute approximate surface area is 255 Å². The number of hydrogen-bond donors (Lipinski definition) is 3. The molecule has 0 aromatic heterocycles. The van der Waals surface area contributed by atoms with Crippen LogP contribution < -0.4 is 16.0 Å². The van der Waals surface area contributed by atoms with E-state index in [0.717, 1.165) is 35.0 Å². The van der Waals surface area contributed by atoms with E-state index in [1.54, 1.807) is 60.7 Å². The highest BCUT2D eigenvalue weighted by atomic mass is 35.5. The number of amides is 3. The van der Waals surface area contributed by atoms with Crippen LogP contribution in [0.1, 0.15) is 27.0 Å². The lowest BCUT2D eigenvalue weighted by Gasteiger charge is -2.14. The standard InChI is InChI=1S/C32H25ClF3N3O3S/c1-20-8-5-6-11-22(20)16-28(39-30(41)21-9-3-2-4-10-21)31(42)37-24-12-7-13-25(18-24)43-19-29(40)38-27-15-14-23(33)17-26(27)32(34,35)36/h2-18H,19H2,1H3,(H,37,42)(H,38,40)(H,39,41)/b28-16-. The SMILES string of the molecule is Cc1ccccc1/C=C(\NC(=O)c1ccccc1)C(=O)Nc1cccc(SCC(=O)Nc2ccc(Cl)cc2C(F)(F)F)c1. The van der Waals surface area contributed by atoms with Gasteiger partial charge in [0.25, 0.3) is 11.8 Å². The molecule has 11 heteroatoms. The third-order valence-electron chi connectivity index (χ3n) is 6.04. The van der Waals surface area contributed by atoms with Gasteiger partial charge in [-0.25, -0.2) is 0 Å². The number of alkyl halides is 3. The van der Waals surface area contributed by atoms with Crippen LogP contribution in [0.4, 0.5) is 24.5 Å². The van der Waals surface area contributed by atoms with Gasteiger partial charge in [0.05, 0.1) is 17.0 Å². The molecule has 0 aliphatic heterocycles. The quantitative estimate of drug-likeness (QED) is 0.131. The summed E-state index contributed by atoms with van der Waals surface area (Å²) in [5, 5.41) is 7.63. The highest BCUT2D eigenvalue weighted by Gasteiger charge is 2.34. The van der Waals surface area contributed by atoms with E-state index < -0.39 is 35.1 Å². The van der Waals surface area contributed by atoms with Gasteiger partial charge in [0.1, 0.15) is 5.70 Å². The van der Waals surface area contributed by atoms with Gasteiger partial charge >= 0.3 is 6.18 Å². The lowest BCUT2D eigenvalue weighted by Crippen LogP contribution is -2.30. The van der Waals surface area contributed by atoms with E-state index in [4.69, 9.17) is 11.6 Å². The molecule has 0 aliphatic rings. The fourth-order valence-corrected chi connectivity index (χ4v) is 4.83. The largest absolute Gasteiger partial charge is 0.418 e. The molecule has 0 bridgehead atoms. The third kappa shape index (κ3) is 8.97. The number of rotatable bonds is 9. The predicted octanol–water partition coefficient (Wildman–Crippen LogP) is 7.81. The third-order valence-corrected chi connectivity index (χ3v) is 7.27. The minimum Gasteiger partial charge on any atom is -0.325 e. The maximum absolute atomic E-state index is 13.4. The first kappa shape index (κ1) is 31.4. The van der Waals surface area contributed by atoms with Gasteiger partial charge in [0.2, 0.25) is 5.91 Å². The van der Waals surface area contributed by atoms with Crippen molar-refractivity contribution in [3.8, 4) is 0 Å². The van der Waals surface area contributed by atoms with Gasteiger partial charge in [0, 0.05) is 21.2 Å². The smallest absolute Gasteiger partial charge is 0.325 e. The Morgan fingerprint density at radius 3 is 2.30 bits per heavy atom. The van der Waals surface area contributed by atoms with E-state index >= 15 is 0 Å². The summed E-state index contributed by atoms with van der Waals surface area (Å²) in [6.45, 7) is 1.88. The monoisotopic (exact) mass is 623 g/mol. The fourth-order valence-electron chi connectivity index (χ4n) is 3.90. The Morgan fingerprint density at radius 1 is 0.860 bits per heavy atom. The van der Waals surface area contributed by atoms with Crippen molar-refractivity contribution in [1.82, 2.24) is 5.32 Å². The van der Waals surface area contributed by atoms with E-state index in [1.165, 1.54) is 6.07 Å². The molecule has 0 unspecified atom stereocenters. The first-order valence-corrected chi connectivity index (χ1v) is 14.2. The van der Waals surface area contributed by atoms with Crippen LogP contribution in [0.15, 0.2) is 108 Å². The molecule has 0 saturated carbocycles. The predicted molar refractivity (Wildman–Crippen MR) is 164 cm³/mol. The molecule has 6 nitrogen and oxygen atoms in total. The van der Waals surface area contributed by atoms with Crippen LogP contribution in [0.3, 0.4) is 0 Å². The Kier molecular flexibility index (Phi) is 10.3. The molecule has 0 saturated heterocycles. The molecule has 220 valence electrons. The first-order valence-electron chi connectivity index (χ1n) is 12.8. The van der Waals surface area contributed by atoms with Crippen LogP contribution in [0, 0.1) is 6.92 Å². The summed E-state index contributed by atoms with van der Waals surface area (Å²) in [5.41, 5.74) is 0.987. The second-order valence-corrected chi connectivity index (χ2v) is 10.7. The van der Waals surface area contributed by atoms with E-state index in [0.29, 0.717) is 16.1 Å². The van der Waals surface area contributed by atoms with E-state index in [-0.39, 0.29) is 16.5 Å². The Morgan fingerprint density at radius 2 is 1.58 bits per heavy atom. The zero-order valence-corrected chi connectivity index (χ0v) is 24.2. The summed E-state index contributed by atoms with van der Waals surface area (Å²) in [6.07, 6.45) is -3.11. The van der Waals surface area contributed by atoms with Crippen LogP contribution in [0.25, 0.3) is 6.08 Å². The topological polar surface area (TPSA) is 87.3 Å². The number of hydrogen-bond acceptors (Lipinski definition) is 4. The summed E-state index contributed by atoms with van der Waals surface area (Å²) in [7, 11) is 0. The minimum absolute atomic E-state index is 0.0176. The molecule has 0 fully saturated rings. The molecule has 4 aromatic carbocycles. The van der Waals surface area contributed by atoms with Crippen LogP contribution in [-0.4, -0.2) is 23.5 Å². The van der Waals surface area contributed by atoms with Crippen molar-refractivity contribution in [1.29, 1.82) is 0 Å². The number of anilines is 2. The molecule has 0 radical (unpaired) electrons. The van der Waals surface area contributed by atoms with Crippen molar-refractivity contribution in [3.63, 3.8) is 0 Å². The Hall–Kier alpha value is -4.54. The van der Waals surface area contributed by atoms with Crippen LogP contribution in [0.5, 0.6) is 0 Å². The summed E-state index contributed by atoms with van der Waals surface area (Å²) in [4.78, 5) is 39.3. The number of aryl methyl sites for hydroxylation is 1. The number of carbonyl (C=O) groups is 3. The van der Waals surface area contributed by atoms with E-state index in [1.807, 2.05) is 31.2 Å². The van der Waals surface area contributed by atoms with Gasteiger partial charge in [0.15, 0.2) is 0 Å². The highest BCUT2D eigenvalue weighted by molar-refractivity contribution is 8.00. The molecule has 0 spiro atoms. The van der Waals surface area contributed by atoms with Crippen molar-refractivity contribution in [2.45, 2.75) is 18.0 Å². The number of benzene rings is 4. The van der Waals surface area contributed by atoms with Crippen molar-refractivity contribution >= 4 is 58.5 Å². The van der Waals surface area contributed by atoms with E-state index in [9.17, 15) is 27.6 Å². The normalized spacial score (nSPS) is 11.5. The van der Waals surface area contributed by atoms with Crippen LogP contribution in [0.2, 0.25) is 5.02 Å². The molecule has 3 N–H and O–H groups in total. The van der Waals surface area contributed by atoms with Crippen molar-refractivity contribution in [2.75, 3.05) is 16.4 Å². The number of carbonyl (C=O) groups excluding carboxylic acids is 3. The minimum atomic E-state index is -4.69. The van der Waals surface area contributed by atoms with Crippen molar-refractivity contribution < 1.29 is 27.6 Å². The summed E-state index contributed by atoms with van der Waals surface area (Å²) in [5.74, 6) is -1.88. The number of nitrogens with one attached hydrogen (secondary N) is 3. The molecular weight excluding hydrogens is 599 g/mol. The van der Waals surface area contributed by atoms with Crippen LogP contribution in [-0.2, 0) is 15.8 Å². The first-order chi connectivity index (χ1) is 20.5. The Balaban J connectivity index is 1.46. The Bertz CT molecular complexity index is 1680. The molecule has 4 rings (SSSR count). The molecule has 43 heavy (non-hydrogen) atoms. The van der Waals surface area contributed by atoms with Gasteiger partial charge in [-0.3, -0.25) is 14.4 Å². The molecule has 0 atom stereocenters. The molecule has 3 amide bonds. The maximum atomic E-state index is 13.4. The molecular formula is C32H25ClF3N3O3S. The van der Waals surface area contributed by atoms with Crippen molar-refractivity contribution in [3.05, 3.63) is 130 Å². The highest BCUT2D eigenvalue weighted by Crippen LogP contribution is 2.36. The second-order valence-electron chi connectivity index (χ2n) is 9.24. The van der Waals surface area contributed by atoms with E-state index in [2.05, 4.69) is 16.0 Å². The lowest BCUT2D eigenvalue weighted by molar-refractivity contribution is -0.137. The summed E-state index contributed by atoms with van der Waals surface area (Å²) < 4.78 is 40.1. The summed E-state index contributed by atoms with van der Waals surface area (Å²) in [6, 6.07) is 25.6. The lowest BCUT2D eigenvalue weighted by atomic mass is 10.1. The number of thioether (sulfide) groups is 1. The van der Waals surface area contributed by atoms with Gasteiger partial charge in [-0.05, 0) is 72.7 Å². The van der Waals surface area contributed by atoms with Gasteiger partial charge in [-0.2, -0.15) is 13.2 Å². The van der Waals surface area contributed by atoms with Crippen molar-refractivity contribution in [2.24, 2.45) is 0 Å². The molecule has 0 aliphatic carbocycles. The second kappa shape index (κ2) is 14.1. The summed E-state index contributed by atoms with van der Waals surface area (Å²) >= 11 is 6.77. The molecule has 0 heterocycles. The fraction of sp³-hybridized carbons (Fsp3) is 0.0938. The van der Waals surface area contributed by atoms with Gasteiger partial charge in [-0.15, -0.1) is 11.8 Å². The van der Waals surface area contributed by atoms with Gasteiger partial charge in [-0.1, -0.05) is 60.1 Å². The number of halogens is 4. The average molecular weight is 624 g/mol. The average Bonchev–Trinajstić information content (AvgIpc) is 2.98. The maximum Gasteiger partial charge on any atom is 0.418 e. The zero-order valence-electron chi connectivity index (χ0n) is 22.7. The molecule has 4 aromatic rings. The van der Waals surface area contributed by atoms with Crippen LogP contribution >= 0.6 is 23.4 Å². The zero-order chi connectivity index (χ0) is 31.0.